The van der Waals surface area contributed by atoms with Crippen molar-refractivity contribution in [1.82, 2.24) is 14.9 Å². The Morgan fingerprint density at radius 1 is 1.20 bits per heavy atom. The lowest BCUT2D eigenvalue weighted by Gasteiger charge is -2.31. The van der Waals surface area contributed by atoms with Crippen LogP contribution in [-0.2, 0) is 0 Å². The Kier molecular flexibility index (Phi) is 4.09. The fourth-order valence-corrected chi connectivity index (χ4v) is 3.29. The molecule has 6 heteroatoms. The average Bonchev–Trinajstić information content (AvgIpc) is 3.08. The Bertz CT molecular complexity index is 857. The summed E-state index contributed by atoms with van der Waals surface area (Å²) >= 11 is 0. The number of carbonyl (C=O) groups is 1. The SMILES string of the molecule is O=C(Nc1ccc(F)cc1)N1CCC[C@@H](c2nc3ccccc3[nH]2)C1. The van der Waals surface area contributed by atoms with E-state index in [1.807, 2.05) is 24.3 Å². The summed E-state index contributed by atoms with van der Waals surface area (Å²) in [7, 11) is 0. The van der Waals surface area contributed by atoms with Crippen LogP contribution in [-0.4, -0.2) is 34.0 Å². The van der Waals surface area contributed by atoms with Crippen LogP contribution < -0.4 is 5.32 Å². The third kappa shape index (κ3) is 3.33. The predicted octanol–water partition coefficient (Wildman–Crippen LogP) is 4.11. The molecule has 2 heterocycles. The Balaban J connectivity index is 1.46. The number of piperidine rings is 1. The molecule has 5 nitrogen and oxygen atoms in total. The van der Waals surface area contributed by atoms with E-state index < -0.39 is 0 Å². The number of aromatic nitrogens is 2. The second-order valence-corrected chi connectivity index (χ2v) is 6.36. The summed E-state index contributed by atoms with van der Waals surface area (Å²) in [6.07, 6.45) is 1.93. The lowest BCUT2D eigenvalue weighted by atomic mass is 9.97. The van der Waals surface area contributed by atoms with Crippen LogP contribution in [0.2, 0.25) is 0 Å². The van der Waals surface area contributed by atoms with E-state index in [0.717, 1.165) is 29.7 Å². The summed E-state index contributed by atoms with van der Waals surface area (Å²) in [6, 6.07) is 13.6. The summed E-state index contributed by atoms with van der Waals surface area (Å²) in [5.74, 6) is 0.807. The molecule has 0 spiro atoms. The number of nitrogens with zero attached hydrogens (tertiary/aromatic N) is 2. The maximum absolute atomic E-state index is 13.0. The lowest BCUT2D eigenvalue weighted by molar-refractivity contribution is 0.191. The number of rotatable bonds is 2. The van der Waals surface area contributed by atoms with Gasteiger partial charge in [0.2, 0.25) is 0 Å². The second kappa shape index (κ2) is 6.55. The van der Waals surface area contributed by atoms with E-state index in [-0.39, 0.29) is 17.8 Å². The molecule has 1 atom stereocenters. The van der Waals surface area contributed by atoms with Crippen molar-refractivity contribution in [3.05, 3.63) is 60.2 Å². The van der Waals surface area contributed by atoms with Gasteiger partial charge in [0.25, 0.3) is 0 Å². The molecule has 1 aliphatic rings. The second-order valence-electron chi connectivity index (χ2n) is 6.36. The van der Waals surface area contributed by atoms with Crippen LogP contribution in [0.5, 0.6) is 0 Å². The van der Waals surface area contributed by atoms with Gasteiger partial charge in [-0.3, -0.25) is 0 Å². The van der Waals surface area contributed by atoms with E-state index in [9.17, 15) is 9.18 Å². The molecular formula is C19H19FN4O. The van der Waals surface area contributed by atoms with Crippen molar-refractivity contribution >= 4 is 22.8 Å². The Labute approximate surface area is 144 Å². The molecule has 128 valence electrons. The van der Waals surface area contributed by atoms with Crippen LogP contribution >= 0.6 is 0 Å². The number of likely N-dealkylation sites (tertiary alicyclic amines) is 1. The van der Waals surface area contributed by atoms with E-state index in [2.05, 4.69) is 15.3 Å². The van der Waals surface area contributed by atoms with Gasteiger partial charge in [-0.05, 0) is 49.2 Å². The molecule has 0 aliphatic carbocycles. The molecule has 25 heavy (non-hydrogen) atoms. The first-order valence-electron chi connectivity index (χ1n) is 8.45. The quantitative estimate of drug-likeness (QED) is 0.738. The highest BCUT2D eigenvalue weighted by molar-refractivity contribution is 5.89. The monoisotopic (exact) mass is 338 g/mol. The van der Waals surface area contributed by atoms with Gasteiger partial charge in [-0.2, -0.15) is 0 Å². The minimum atomic E-state index is -0.319. The number of fused-ring (bicyclic) bond motifs is 1. The number of urea groups is 1. The first-order valence-corrected chi connectivity index (χ1v) is 8.45. The summed E-state index contributed by atoms with van der Waals surface area (Å²) in [5, 5.41) is 2.83. The van der Waals surface area contributed by atoms with E-state index in [1.54, 1.807) is 17.0 Å². The van der Waals surface area contributed by atoms with Crippen molar-refractivity contribution in [2.24, 2.45) is 0 Å². The zero-order valence-electron chi connectivity index (χ0n) is 13.7. The zero-order valence-corrected chi connectivity index (χ0v) is 13.7. The third-order valence-corrected chi connectivity index (χ3v) is 4.60. The molecule has 1 fully saturated rings. The number of imidazole rings is 1. The number of aromatic amines is 1. The van der Waals surface area contributed by atoms with Crippen LogP contribution in [0.15, 0.2) is 48.5 Å². The largest absolute Gasteiger partial charge is 0.342 e. The molecular weight excluding hydrogens is 319 g/mol. The predicted molar refractivity (Wildman–Crippen MR) is 95.1 cm³/mol. The van der Waals surface area contributed by atoms with Crippen molar-refractivity contribution in [3.8, 4) is 0 Å². The van der Waals surface area contributed by atoms with Gasteiger partial charge in [0.1, 0.15) is 11.6 Å². The van der Waals surface area contributed by atoms with Gasteiger partial charge < -0.3 is 15.2 Å². The number of nitrogens with one attached hydrogen (secondary N) is 2. The molecule has 2 amide bonds. The van der Waals surface area contributed by atoms with E-state index in [1.165, 1.54) is 12.1 Å². The highest BCUT2D eigenvalue weighted by Gasteiger charge is 2.26. The Hall–Kier alpha value is -2.89. The first kappa shape index (κ1) is 15.6. The summed E-state index contributed by atoms with van der Waals surface area (Å²) in [5.41, 5.74) is 2.56. The molecule has 3 aromatic rings. The maximum Gasteiger partial charge on any atom is 0.321 e. The minimum Gasteiger partial charge on any atom is -0.342 e. The summed E-state index contributed by atoms with van der Waals surface area (Å²) < 4.78 is 13.0. The molecule has 1 aromatic heterocycles. The van der Waals surface area contributed by atoms with Crippen molar-refractivity contribution in [3.63, 3.8) is 0 Å². The fourth-order valence-electron chi connectivity index (χ4n) is 3.29. The number of halogens is 1. The standard InChI is InChI=1S/C19H19FN4O/c20-14-7-9-15(10-8-14)21-19(25)24-11-3-4-13(12-24)18-22-16-5-1-2-6-17(16)23-18/h1-2,5-10,13H,3-4,11-12H2,(H,21,25)(H,22,23)/t13-/m1/s1. The maximum atomic E-state index is 13.0. The van der Waals surface area contributed by atoms with Gasteiger partial charge >= 0.3 is 6.03 Å². The fraction of sp³-hybridized carbons (Fsp3) is 0.263. The van der Waals surface area contributed by atoms with Gasteiger partial charge in [0.05, 0.1) is 11.0 Å². The normalized spacial score (nSPS) is 17.6. The molecule has 0 saturated carbocycles. The smallest absolute Gasteiger partial charge is 0.321 e. The molecule has 2 aromatic carbocycles. The van der Waals surface area contributed by atoms with Crippen LogP contribution in [0.4, 0.5) is 14.9 Å². The van der Waals surface area contributed by atoms with Gasteiger partial charge in [0.15, 0.2) is 0 Å². The Morgan fingerprint density at radius 2 is 2.00 bits per heavy atom. The highest BCUT2D eigenvalue weighted by Crippen LogP contribution is 2.27. The van der Waals surface area contributed by atoms with Gasteiger partial charge in [-0.25, -0.2) is 14.2 Å². The first-order chi connectivity index (χ1) is 12.2. The molecule has 1 saturated heterocycles. The van der Waals surface area contributed by atoms with Crippen LogP contribution in [0.25, 0.3) is 11.0 Å². The molecule has 4 rings (SSSR count). The number of hydrogen-bond donors (Lipinski definition) is 2. The van der Waals surface area contributed by atoms with Gasteiger partial charge in [0, 0.05) is 24.7 Å². The van der Waals surface area contributed by atoms with E-state index in [4.69, 9.17) is 0 Å². The topological polar surface area (TPSA) is 61.0 Å². The van der Waals surface area contributed by atoms with Gasteiger partial charge in [-0.1, -0.05) is 12.1 Å². The summed E-state index contributed by atoms with van der Waals surface area (Å²) in [6.45, 7) is 1.33. The van der Waals surface area contributed by atoms with E-state index >= 15 is 0 Å². The van der Waals surface area contributed by atoms with E-state index in [0.29, 0.717) is 18.8 Å². The molecule has 0 radical (unpaired) electrons. The molecule has 2 N–H and O–H groups in total. The van der Waals surface area contributed by atoms with Crippen LogP contribution in [0, 0.1) is 5.82 Å². The van der Waals surface area contributed by atoms with Crippen molar-refractivity contribution in [1.29, 1.82) is 0 Å². The van der Waals surface area contributed by atoms with Crippen molar-refractivity contribution in [2.75, 3.05) is 18.4 Å². The van der Waals surface area contributed by atoms with Crippen LogP contribution in [0.1, 0.15) is 24.6 Å². The Morgan fingerprint density at radius 3 is 2.80 bits per heavy atom. The lowest BCUT2D eigenvalue weighted by Crippen LogP contribution is -2.41. The number of benzene rings is 2. The number of carbonyl (C=O) groups excluding carboxylic acids is 1. The number of H-pyrrole nitrogens is 1. The summed E-state index contributed by atoms with van der Waals surface area (Å²) in [4.78, 5) is 22.3. The molecule has 0 bridgehead atoms. The van der Waals surface area contributed by atoms with Crippen LogP contribution in [0.3, 0.4) is 0 Å². The highest BCUT2D eigenvalue weighted by atomic mass is 19.1. The zero-order chi connectivity index (χ0) is 17.2. The average molecular weight is 338 g/mol. The van der Waals surface area contributed by atoms with Crippen molar-refractivity contribution < 1.29 is 9.18 Å². The number of anilines is 1. The molecule has 0 unspecified atom stereocenters. The molecule has 1 aliphatic heterocycles. The minimum absolute atomic E-state index is 0.160. The van der Waals surface area contributed by atoms with Gasteiger partial charge in [-0.15, -0.1) is 0 Å². The number of hydrogen-bond acceptors (Lipinski definition) is 2. The third-order valence-electron chi connectivity index (χ3n) is 4.60. The van der Waals surface area contributed by atoms with Crippen molar-refractivity contribution in [2.45, 2.75) is 18.8 Å². The number of amides is 2. The number of para-hydroxylation sites is 2.